The van der Waals surface area contributed by atoms with E-state index in [1.54, 1.807) is 12.3 Å². The van der Waals surface area contributed by atoms with Gasteiger partial charge in [-0.15, -0.1) is 11.3 Å². The number of amides is 1. The Kier molecular flexibility index (Phi) is 5.20. The van der Waals surface area contributed by atoms with E-state index in [0.29, 0.717) is 22.8 Å². The summed E-state index contributed by atoms with van der Waals surface area (Å²) < 4.78 is 32.7. The second-order valence-corrected chi connectivity index (χ2v) is 9.28. The number of aromatic nitrogens is 4. The monoisotopic (exact) mass is 473 g/mol. The highest BCUT2D eigenvalue weighted by molar-refractivity contribution is 7.14. The van der Waals surface area contributed by atoms with E-state index in [2.05, 4.69) is 30.5 Å². The molecule has 0 aromatic carbocycles. The zero-order valence-electron chi connectivity index (χ0n) is 17.9. The zero-order valence-corrected chi connectivity index (χ0v) is 18.7. The Morgan fingerprint density at radius 1 is 1.24 bits per heavy atom. The fraction of sp³-hybridized carbons (Fsp3) is 0.381. The van der Waals surface area contributed by atoms with Gasteiger partial charge >= 0.3 is 5.92 Å². The van der Waals surface area contributed by atoms with Gasteiger partial charge in [0.2, 0.25) is 11.7 Å². The van der Waals surface area contributed by atoms with E-state index >= 15 is 0 Å². The predicted molar refractivity (Wildman–Crippen MR) is 120 cm³/mol. The van der Waals surface area contributed by atoms with Crippen molar-refractivity contribution in [1.29, 1.82) is 0 Å². The number of carbonyl (C=O) groups excluding carboxylic acids is 1. The van der Waals surface area contributed by atoms with Crippen molar-refractivity contribution in [1.82, 2.24) is 19.9 Å². The molecule has 5 heterocycles. The summed E-state index contributed by atoms with van der Waals surface area (Å²) >= 11 is 1.52. The lowest BCUT2D eigenvalue weighted by molar-refractivity contribution is -0.127. The molecule has 3 aromatic rings. The topological polar surface area (TPSA) is 105 Å². The molecule has 0 radical (unpaired) electrons. The summed E-state index contributed by atoms with van der Waals surface area (Å²) in [6.45, 7) is 5.54. The Bertz CT molecular complexity index is 1200. The molecule has 2 aliphatic rings. The largest absolute Gasteiger partial charge is 0.380 e. The summed E-state index contributed by atoms with van der Waals surface area (Å²) in [5.41, 5.74) is 2.12. The third-order valence-electron chi connectivity index (χ3n) is 5.43. The van der Waals surface area contributed by atoms with E-state index in [1.807, 2.05) is 5.38 Å². The van der Waals surface area contributed by atoms with Gasteiger partial charge in [-0.05, 0) is 6.07 Å². The number of nitrogens with one attached hydrogen (secondary N) is 2. The lowest BCUT2D eigenvalue weighted by Crippen LogP contribution is -2.66. The summed E-state index contributed by atoms with van der Waals surface area (Å²) in [5.74, 6) is -3.54. The Balaban J connectivity index is 1.44. The SMILES string of the molecule is CC(=O)Nc1cc(Nc2ccnc(C(C)(F)F)n2)c(-c2csc(N3CC4(COC4)C3)n2)cn1. The second-order valence-electron chi connectivity index (χ2n) is 8.44. The normalized spacial score (nSPS) is 16.8. The molecule has 0 aliphatic carbocycles. The number of rotatable bonds is 6. The van der Waals surface area contributed by atoms with Crippen molar-refractivity contribution in [3.05, 3.63) is 35.7 Å². The fourth-order valence-electron chi connectivity index (χ4n) is 3.79. The van der Waals surface area contributed by atoms with Crippen LogP contribution in [0.4, 0.5) is 31.2 Å². The number of carbonyl (C=O) groups is 1. The number of pyridine rings is 1. The van der Waals surface area contributed by atoms with Crippen LogP contribution in [0.3, 0.4) is 0 Å². The summed E-state index contributed by atoms with van der Waals surface area (Å²) in [7, 11) is 0. The standard InChI is InChI=1S/C21H21F2N7O2S/c1-12(31)26-17-5-14(27-16-3-4-24-18(29-16)20(2,22)23)13(6-25-17)15-7-33-19(28-15)30-8-21(9-30)10-32-11-21/h3-7H,8-11H2,1-2H3,(H2,24,25,26,27,29,31). The first-order chi connectivity index (χ1) is 15.7. The number of halogens is 2. The molecule has 33 heavy (non-hydrogen) atoms. The van der Waals surface area contributed by atoms with E-state index < -0.39 is 11.7 Å². The molecule has 2 saturated heterocycles. The number of thiazole rings is 1. The van der Waals surface area contributed by atoms with Gasteiger partial charge in [-0.2, -0.15) is 8.78 Å². The molecule has 0 saturated carbocycles. The van der Waals surface area contributed by atoms with Gasteiger partial charge in [0.1, 0.15) is 11.6 Å². The highest BCUT2D eigenvalue weighted by Gasteiger charge is 2.49. The Hall–Kier alpha value is -3.25. The third kappa shape index (κ3) is 4.35. The van der Waals surface area contributed by atoms with E-state index in [-0.39, 0.29) is 17.1 Å². The van der Waals surface area contributed by atoms with Crippen LogP contribution < -0.4 is 15.5 Å². The smallest absolute Gasteiger partial charge is 0.303 e. The van der Waals surface area contributed by atoms with Crippen LogP contribution in [0.15, 0.2) is 29.9 Å². The molecule has 2 aliphatic heterocycles. The first kappa shape index (κ1) is 21.6. The molecule has 0 bridgehead atoms. The Labute approximate surface area is 192 Å². The van der Waals surface area contributed by atoms with Crippen molar-refractivity contribution < 1.29 is 18.3 Å². The molecule has 9 nitrogen and oxygen atoms in total. The van der Waals surface area contributed by atoms with Crippen LogP contribution in [0.25, 0.3) is 11.3 Å². The minimum Gasteiger partial charge on any atom is -0.380 e. The first-order valence-corrected chi connectivity index (χ1v) is 11.1. The maximum absolute atomic E-state index is 13.7. The molecule has 5 rings (SSSR count). The summed E-state index contributed by atoms with van der Waals surface area (Å²) in [4.78, 5) is 30.4. The molecule has 1 spiro atoms. The van der Waals surface area contributed by atoms with Crippen molar-refractivity contribution in [2.75, 3.05) is 41.8 Å². The molecule has 172 valence electrons. The van der Waals surface area contributed by atoms with Gasteiger partial charge < -0.3 is 20.3 Å². The van der Waals surface area contributed by atoms with E-state index in [9.17, 15) is 13.6 Å². The van der Waals surface area contributed by atoms with Crippen molar-refractivity contribution in [3.63, 3.8) is 0 Å². The number of hydrogen-bond donors (Lipinski definition) is 2. The van der Waals surface area contributed by atoms with Crippen LogP contribution in [0.2, 0.25) is 0 Å². The maximum Gasteiger partial charge on any atom is 0.303 e. The van der Waals surface area contributed by atoms with Crippen LogP contribution >= 0.6 is 11.3 Å². The van der Waals surface area contributed by atoms with E-state index in [4.69, 9.17) is 9.72 Å². The van der Waals surface area contributed by atoms with Gasteiger partial charge in [-0.25, -0.2) is 19.9 Å². The van der Waals surface area contributed by atoms with Crippen molar-refractivity contribution >= 4 is 39.7 Å². The van der Waals surface area contributed by atoms with E-state index in [0.717, 1.165) is 38.4 Å². The summed E-state index contributed by atoms with van der Waals surface area (Å²) in [5, 5.41) is 8.50. The van der Waals surface area contributed by atoms with Crippen molar-refractivity contribution in [2.45, 2.75) is 19.8 Å². The highest BCUT2D eigenvalue weighted by atomic mass is 32.1. The minimum atomic E-state index is -3.18. The molecule has 2 N–H and O–H groups in total. The first-order valence-electron chi connectivity index (χ1n) is 10.3. The average Bonchev–Trinajstić information content (AvgIpc) is 3.14. The van der Waals surface area contributed by atoms with Gasteiger partial charge in [-0.3, -0.25) is 4.79 Å². The number of alkyl halides is 2. The molecular formula is C21H21F2N7O2S. The van der Waals surface area contributed by atoms with Gasteiger partial charge in [0.05, 0.1) is 30.0 Å². The lowest BCUT2D eigenvalue weighted by atomic mass is 9.78. The molecule has 3 aromatic heterocycles. The lowest BCUT2D eigenvalue weighted by Gasteiger charge is -2.54. The van der Waals surface area contributed by atoms with Crippen LogP contribution in [-0.2, 0) is 15.5 Å². The van der Waals surface area contributed by atoms with Crippen LogP contribution in [0, 0.1) is 5.41 Å². The number of anilines is 4. The average molecular weight is 474 g/mol. The van der Waals surface area contributed by atoms with Crippen molar-refractivity contribution in [2.24, 2.45) is 5.41 Å². The second kappa shape index (κ2) is 7.96. The molecular weight excluding hydrogens is 452 g/mol. The molecule has 0 unspecified atom stereocenters. The van der Waals surface area contributed by atoms with Gasteiger partial charge in [0.15, 0.2) is 5.13 Å². The molecule has 12 heteroatoms. The van der Waals surface area contributed by atoms with Gasteiger partial charge in [0, 0.05) is 56.3 Å². The molecule has 0 atom stereocenters. The van der Waals surface area contributed by atoms with Gasteiger partial charge in [0.25, 0.3) is 0 Å². The highest BCUT2D eigenvalue weighted by Crippen LogP contribution is 2.42. The van der Waals surface area contributed by atoms with Crippen molar-refractivity contribution in [3.8, 4) is 11.3 Å². The Morgan fingerprint density at radius 2 is 2.03 bits per heavy atom. The quantitative estimate of drug-likeness (QED) is 0.559. The number of nitrogens with zero attached hydrogens (tertiary/aromatic N) is 5. The third-order valence-corrected chi connectivity index (χ3v) is 6.33. The predicted octanol–water partition coefficient (Wildman–Crippen LogP) is 3.65. The molecule has 1 amide bonds. The maximum atomic E-state index is 13.7. The van der Waals surface area contributed by atoms with E-state index in [1.165, 1.54) is 30.5 Å². The zero-order chi connectivity index (χ0) is 23.2. The van der Waals surface area contributed by atoms with Gasteiger partial charge in [-0.1, -0.05) is 0 Å². The molecule has 2 fully saturated rings. The van der Waals surface area contributed by atoms with Crippen LogP contribution in [0.5, 0.6) is 0 Å². The minimum absolute atomic E-state index is 0.188. The number of ether oxygens (including phenoxy) is 1. The van der Waals surface area contributed by atoms with Crippen LogP contribution in [0.1, 0.15) is 19.7 Å². The van der Waals surface area contributed by atoms with Crippen LogP contribution in [-0.4, -0.2) is 52.1 Å². The summed E-state index contributed by atoms with van der Waals surface area (Å²) in [6, 6.07) is 3.11. The Morgan fingerprint density at radius 3 is 2.70 bits per heavy atom. The summed E-state index contributed by atoms with van der Waals surface area (Å²) in [6.07, 6.45) is 2.85. The fourth-order valence-corrected chi connectivity index (χ4v) is 4.62. The number of hydrogen-bond acceptors (Lipinski definition) is 9.